The fourth-order valence-corrected chi connectivity index (χ4v) is 1.47. The molecule has 0 saturated heterocycles. The van der Waals surface area contributed by atoms with Crippen LogP contribution in [0.2, 0.25) is 0 Å². The maximum Gasteiger partial charge on any atom is 0.135 e. The highest BCUT2D eigenvalue weighted by Crippen LogP contribution is 2.19. The summed E-state index contributed by atoms with van der Waals surface area (Å²) in [7, 11) is 1.79. The number of benzene rings is 1. The molecule has 0 aliphatic rings. The van der Waals surface area contributed by atoms with E-state index in [4.69, 9.17) is 23.1 Å². The molecule has 0 amide bonds. The topological polar surface area (TPSA) is 49.5 Å². The van der Waals surface area contributed by atoms with E-state index in [0.29, 0.717) is 5.69 Å². The predicted octanol–water partition coefficient (Wildman–Crippen LogP) is 1.28. The van der Waals surface area contributed by atoms with Crippen molar-refractivity contribution in [3.63, 3.8) is 0 Å². The maximum absolute atomic E-state index is 13.6. The standard InChI is InChI=1S/C11H15FN2OS/c1-7(6-15)14(2)8-3-4-9(11(13)16)10(12)5-8/h3-5,7,15H,6H2,1-2H3,(H2,13,16). The summed E-state index contributed by atoms with van der Waals surface area (Å²) in [5.41, 5.74) is 6.28. The van der Waals surface area contributed by atoms with Crippen molar-refractivity contribution in [1.82, 2.24) is 0 Å². The van der Waals surface area contributed by atoms with Gasteiger partial charge in [0.2, 0.25) is 0 Å². The van der Waals surface area contributed by atoms with Gasteiger partial charge in [-0.15, -0.1) is 0 Å². The second-order valence-electron chi connectivity index (χ2n) is 3.67. The van der Waals surface area contributed by atoms with Crippen LogP contribution in [0.25, 0.3) is 0 Å². The molecule has 16 heavy (non-hydrogen) atoms. The fraction of sp³-hybridized carbons (Fsp3) is 0.364. The third kappa shape index (κ3) is 2.68. The molecule has 0 saturated carbocycles. The zero-order chi connectivity index (χ0) is 12.3. The van der Waals surface area contributed by atoms with Crippen LogP contribution in [0.3, 0.4) is 0 Å². The van der Waals surface area contributed by atoms with Gasteiger partial charge < -0.3 is 15.7 Å². The Balaban J connectivity index is 3.01. The van der Waals surface area contributed by atoms with Crippen LogP contribution in [0.5, 0.6) is 0 Å². The minimum atomic E-state index is -0.443. The van der Waals surface area contributed by atoms with Gasteiger partial charge >= 0.3 is 0 Å². The number of aliphatic hydroxyl groups is 1. The van der Waals surface area contributed by atoms with Crippen LogP contribution in [0.1, 0.15) is 12.5 Å². The molecule has 3 nitrogen and oxygen atoms in total. The molecular weight excluding hydrogens is 227 g/mol. The summed E-state index contributed by atoms with van der Waals surface area (Å²) in [4.78, 5) is 1.83. The maximum atomic E-state index is 13.6. The van der Waals surface area contributed by atoms with Crippen molar-refractivity contribution in [2.75, 3.05) is 18.6 Å². The van der Waals surface area contributed by atoms with Gasteiger partial charge in [0.15, 0.2) is 0 Å². The highest BCUT2D eigenvalue weighted by Gasteiger charge is 2.12. The third-order valence-electron chi connectivity index (χ3n) is 2.55. The average Bonchev–Trinajstić information content (AvgIpc) is 2.26. The van der Waals surface area contributed by atoms with Gasteiger partial charge in [-0.25, -0.2) is 4.39 Å². The minimum Gasteiger partial charge on any atom is -0.394 e. The molecule has 0 spiro atoms. The van der Waals surface area contributed by atoms with Crippen LogP contribution in [-0.2, 0) is 0 Å². The first-order valence-corrected chi connectivity index (χ1v) is 5.31. The van der Waals surface area contributed by atoms with Gasteiger partial charge in [-0.2, -0.15) is 0 Å². The van der Waals surface area contributed by atoms with Crippen LogP contribution in [0.4, 0.5) is 10.1 Å². The Morgan fingerprint density at radius 2 is 2.25 bits per heavy atom. The van der Waals surface area contributed by atoms with E-state index >= 15 is 0 Å². The van der Waals surface area contributed by atoms with E-state index in [9.17, 15) is 4.39 Å². The Bertz CT molecular complexity index is 398. The van der Waals surface area contributed by atoms with Crippen molar-refractivity contribution in [2.45, 2.75) is 13.0 Å². The minimum absolute atomic E-state index is 0.00910. The van der Waals surface area contributed by atoms with Crippen LogP contribution in [0.15, 0.2) is 18.2 Å². The Morgan fingerprint density at radius 1 is 1.62 bits per heavy atom. The van der Waals surface area contributed by atoms with E-state index in [0.717, 1.165) is 0 Å². The zero-order valence-corrected chi connectivity index (χ0v) is 10.1. The number of hydrogen-bond acceptors (Lipinski definition) is 3. The lowest BCUT2D eigenvalue weighted by Crippen LogP contribution is -2.31. The molecule has 0 aliphatic carbocycles. The van der Waals surface area contributed by atoms with Gasteiger partial charge in [-0.05, 0) is 25.1 Å². The van der Waals surface area contributed by atoms with Gasteiger partial charge in [0.25, 0.3) is 0 Å². The lowest BCUT2D eigenvalue weighted by molar-refractivity contribution is 0.270. The first kappa shape index (κ1) is 12.9. The molecule has 0 bridgehead atoms. The number of thiocarbonyl (C=S) groups is 1. The fourth-order valence-electron chi connectivity index (χ4n) is 1.30. The zero-order valence-electron chi connectivity index (χ0n) is 9.27. The second-order valence-corrected chi connectivity index (χ2v) is 4.11. The van der Waals surface area contributed by atoms with Gasteiger partial charge in [0, 0.05) is 24.3 Å². The number of aliphatic hydroxyl groups excluding tert-OH is 1. The number of anilines is 1. The molecule has 5 heteroatoms. The molecular formula is C11H15FN2OS. The lowest BCUT2D eigenvalue weighted by atomic mass is 10.1. The molecule has 0 radical (unpaired) electrons. The molecule has 1 rings (SSSR count). The second kappa shape index (κ2) is 5.23. The Labute approximate surface area is 99.7 Å². The normalized spacial score (nSPS) is 12.2. The lowest BCUT2D eigenvalue weighted by Gasteiger charge is -2.25. The quantitative estimate of drug-likeness (QED) is 0.781. The summed E-state index contributed by atoms with van der Waals surface area (Å²) in [5, 5.41) is 9.00. The highest BCUT2D eigenvalue weighted by atomic mass is 32.1. The summed E-state index contributed by atoms with van der Waals surface area (Å²) in [6.07, 6.45) is 0. The number of rotatable bonds is 4. The summed E-state index contributed by atoms with van der Waals surface area (Å²) < 4.78 is 13.6. The summed E-state index contributed by atoms with van der Waals surface area (Å²) >= 11 is 4.72. The monoisotopic (exact) mass is 242 g/mol. The van der Waals surface area contributed by atoms with Crippen LogP contribution >= 0.6 is 12.2 Å². The Morgan fingerprint density at radius 3 is 2.69 bits per heavy atom. The molecule has 1 unspecified atom stereocenters. The number of likely N-dealkylation sites (N-methyl/N-ethyl adjacent to an activating group) is 1. The van der Waals surface area contributed by atoms with Crippen LogP contribution in [0, 0.1) is 5.82 Å². The average molecular weight is 242 g/mol. The number of nitrogens with two attached hydrogens (primary N) is 1. The molecule has 3 N–H and O–H groups in total. The van der Waals surface area contributed by atoms with Crippen LogP contribution in [-0.4, -0.2) is 29.8 Å². The van der Waals surface area contributed by atoms with Crippen molar-refractivity contribution in [1.29, 1.82) is 0 Å². The molecule has 1 atom stereocenters. The molecule has 0 heterocycles. The first-order chi connectivity index (χ1) is 7.47. The molecule has 88 valence electrons. The van der Waals surface area contributed by atoms with Crippen molar-refractivity contribution in [2.24, 2.45) is 5.73 Å². The molecule has 1 aromatic rings. The van der Waals surface area contributed by atoms with Crippen molar-refractivity contribution >= 4 is 22.9 Å². The van der Waals surface area contributed by atoms with Gasteiger partial charge in [-0.3, -0.25) is 0 Å². The smallest absolute Gasteiger partial charge is 0.135 e. The Kier molecular flexibility index (Phi) is 4.20. The van der Waals surface area contributed by atoms with E-state index in [1.807, 2.05) is 6.92 Å². The summed E-state index contributed by atoms with van der Waals surface area (Å²) in [5.74, 6) is -0.443. The Hall–Kier alpha value is -1.20. The van der Waals surface area contributed by atoms with E-state index < -0.39 is 5.82 Å². The van der Waals surface area contributed by atoms with Gasteiger partial charge in [0.05, 0.1) is 6.61 Å². The van der Waals surface area contributed by atoms with E-state index in [1.165, 1.54) is 6.07 Å². The molecule has 1 aromatic carbocycles. The van der Waals surface area contributed by atoms with Crippen molar-refractivity contribution in [3.8, 4) is 0 Å². The number of halogens is 1. The number of hydrogen-bond donors (Lipinski definition) is 2. The summed E-state index contributed by atoms with van der Waals surface area (Å²) in [6.45, 7) is 1.86. The third-order valence-corrected chi connectivity index (χ3v) is 2.77. The van der Waals surface area contributed by atoms with Crippen LogP contribution < -0.4 is 10.6 Å². The number of nitrogens with zero attached hydrogens (tertiary/aromatic N) is 1. The SMILES string of the molecule is CC(CO)N(C)c1ccc(C(N)=S)c(F)c1. The van der Waals surface area contributed by atoms with Crippen molar-refractivity contribution < 1.29 is 9.50 Å². The van der Waals surface area contributed by atoms with E-state index in [-0.39, 0.29) is 23.2 Å². The van der Waals surface area contributed by atoms with Gasteiger partial charge in [0.1, 0.15) is 10.8 Å². The molecule has 0 aliphatic heterocycles. The van der Waals surface area contributed by atoms with Gasteiger partial charge in [-0.1, -0.05) is 12.2 Å². The highest BCUT2D eigenvalue weighted by molar-refractivity contribution is 7.80. The molecule has 0 aromatic heterocycles. The molecule has 0 fully saturated rings. The first-order valence-electron chi connectivity index (χ1n) is 4.90. The van der Waals surface area contributed by atoms with E-state index in [1.54, 1.807) is 24.1 Å². The largest absolute Gasteiger partial charge is 0.394 e. The van der Waals surface area contributed by atoms with E-state index in [2.05, 4.69) is 0 Å². The summed E-state index contributed by atoms with van der Waals surface area (Å²) in [6, 6.07) is 4.56. The predicted molar refractivity (Wildman–Crippen MR) is 67.2 cm³/mol. The van der Waals surface area contributed by atoms with Crippen molar-refractivity contribution in [3.05, 3.63) is 29.6 Å².